The van der Waals surface area contributed by atoms with Crippen LogP contribution in [-0.2, 0) is 13.0 Å². The van der Waals surface area contributed by atoms with Crippen LogP contribution in [0.25, 0.3) is 10.9 Å². The molecule has 2 heterocycles. The van der Waals surface area contributed by atoms with Crippen LogP contribution in [0.2, 0.25) is 0 Å². The summed E-state index contributed by atoms with van der Waals surface area (Å²) in [7, 11) is 0. The Kier molecular flexibility index (Phi) is 3.34. The van der Waals surface area contributed by atoms with Gasteiger partial charge >= 0.3 is 0 Å². The molecule has 0 fully saturated rings. The molecule has 0 bridgehead atoms. The predicted octanol–water partition coefficient (Wildman–Crippen LogP) is 3.24. The minimum Gasteiger partial charge on any atom is -0.351 e. The van der Waals surface area contributed by atoms with Crippen molar-refractivity contribution >= 4 is 22.4 Å². The van der Waals surface area contributed by atoms with Crippen molar-refractivity contribution in [1.29, 1.82) is 0 Å². The molecule has 6 nitrogen and oxygen atoms in total. The number of nitro groups is 1. The summed E-state index contributed by atoms with van der Waals surface area (Å²) in [5.41, 5.74) is 2.75. The minimum absolute atomic E-state index is 0.0780. The molecule has 4 rings (SSSR count). The molecule has 120 valence electrons. The van der Waals surface area contributed by atoms with Crippen molar-refractivity contribution in [2.75, 3.05) is 11.4 Å². The highest BCUT2D eigenvalue weighted by atomic mass is 19.1. The van der Waals surface area contributed by atoms with Crippen LogP contribution in [0.4, 0.5) is 15.9 Å². The van der Waals surface area contributed by atoms with Gasteiger partial charge in [0.1, 0.15) is 18.0 Å². The summed E-state index contributed by atoms with van der Waals surface area (Å²) in [6.07, 6.45) is 2.21. The number of nitro benzene ring substituents is 1. The number of halogens is 1. The lowest BCUT2D eigenvalue weighted by Crippen LogP contribution is -2.31. The van der Waals surface area contributed by atoms with Gasteiger partial charge < -0.3 is 4.90 Å². The molecule has 24 heavy (non-hydrogen) atoms. The van der Waals surface area contributed by atoms with Gasteiger partial charge in [0.15, 0.2) is 0 Å². The van der Waals surface area contributed by atoms with Crippen molar-refractivity contribution in [3.05, 3.63) is 69.8 Å². The molecule has 0 saturated carbocycles. The fraction of sp³-hybridized carbons (Fsp3) is 0.176. The Bertz CT molecular complexity index is 960. The van der Waals surface area contributed by atoms with Gasteiger partial charge in [0.05, 0.1) is 10.4 Å². The largest absolute Gasteiger partial charge is 0.351 e. The van der Waals surface area contributed by atoms with Crippen LogP contribution in [0.5, 0.6) is 0 Å². The number of fused-ring (bicyclic) bond motifs is 2. The van der Waals surface area contributed by atoms with E-state index in [1.165, 1.54) is 24.5 Å². The van der Waals surface area contributed by atoms with E-state index in [1.807, 2.05) is 11.0 Å². The molecule has 7 heteroatoms. The average Bonchev–Trinajstić information content (AvgIpc) is 2.60. The van der Waals surface area contributed by atoms with Crippen LogP contribution in [0.15, 0.2) is 42.7 Å². The molecule has 0 radical (unpaired) electrons. The Hall–Kier alpha value is -3.09. The van der Waals surface area contributed by atoms with Crippen LogP contribution in [-0.4, -0.2) is 21.4 Å². The van der Waals surface area contributed by atoms with Gasteiger partial charge in [0.2, 0.25) is 0 Å². The number of benzene rings is 2. The number of nitrogens with zero attached hydrogens (tertiary/aromatic N) is 4. The predicted molar refractivity (Wildman–Crippen MR) is 87.3 cm³/mol. The highest BCUT2D eigenvalue weighted by Gasteiger charge is 2.21. The molecule has 1 aromatic heterocycles. The van der Waals surface area contributed by atoms with Gasteiger partial charge in [-0.2, -0.15) is 0 Å². The zero-order chi connectivity index (χ0) is 16.7. The third-order valence-electron chi connectivity index (χ3n) is 4.29. The molecule has 0 unspecified atom stereocenters. The highest BCUT2D eigenvalue weighted by molar-refractivity contribution is 5.89. The number of anilines is 1. The number of aromatic nitrogens is 2. The fourth-order valence-electron chi connectivity index (χ4n) is 3.11. The van der Waals surface area contributed by atoms with E-state index in [2.05, 4.69) is 9.97 Å². The van der Waals surface area contributed by atoms with Gasteiger partial charge in [-0.05, 0) is 35.7 Å². The van der Waals surface area contributed by atoms with Crippen molar-refractivity contribution < 1.29 is 9.31 Å². The van der Waals surface area contributed by atoms with E-state index in [4.69, 9.17) is 0 Å². The Balaban J connectivity index is 1.76. The summed E-state index contributed by atoms with van der Waals surface area (Å²) in [6, 6.07) is 9.36. The molecule has 0 N–H and O–H groups in total. The third kappa shape index (κ3) is 2.44. The Morgan fingerprint density at radius 3 is 2.83 bits per heavy atom. The number of rotatable bonds is 2. The van der Waals surface area contributed by atoms with Gasteiger partial charge in [0, 0.05) is 30.6 Å². The molecule has 0 aliphatic carbocycles. The SMILES string of the molecule is O=[N+]([O-])c1ccc2c(c1)CN(c1ncnc3ccc(F)cc13)CC2. The molecule has 3 aromatic rings. The van der Waals surface area contributed by atoms with Crippen molar-refractivity contribution in [2.45, 2.75) is 13.0 Å². The number of non-ortho nitro benzene ring substituents is 1. The van der Waals surface area contributed by atoms with E-state index in [-0.39, 0.29) is 11.5 Å². The van der Waals surface area contributed by atoms with Gasteiger partial charge in [-0.25, -0.2) is 14.4 Å². The summed E-state index contributed by atoms with van der Waals surface area (Å²) in [4.78, 5) is 21.1. The lowest BCUT2D eigenvalue weighted by molar-refractivity contribution is -0.384. The Morgan fingerprint density at radius 1 is 1.12 bits per heavy atom. The zero-order valence-electron chi connectivity index (χ0n) is 12.6. The maximum absolute atomic E-state index is 13.6. The molecule has 0 saturated heterocycles. The Morgan fingerprint density at radius 2 is 2.00 bits per heavy atom. The maximum atomic E-state index is 13.6. The van der Waals surface area contributed by atoms with Crippen LogP contribution in [0.1, 0.15) is 11.1 Å². The first kappa shape index (κ1) is 14.5. The zero-order valence-corrected chi connectivity index (χ0v) is 12.6. The molecule has 1 aliphatic heterocycles. The molecule has 1 aliphatic rings. The summed E-state index contributed by atoms with van der Waals surface area (Å²) in [6.45, 7) is 1.22. The number of hydrogen-bond acceptors (Lipinski definition) is 5. The molecule has 0 atom stereocenters. The van der Waals surface area contributed by atoms with E-state index in [0.29, 0.717) is 29.8 Å². The minimum atomic E-state index is -0.394. The first-order valence-electron chi connectivity index (χ1n) is 7.53. The molecule has 0 spiro atoms. The topological polar surface area (TPSA) is 72.2 Å². The third-order valence-corrected chi connectivity index (χ3v) is 4.29. The second-order valence-electron chi connectivity index (χ2n) is 5.74. The van der Waals surface area contributed by atoms with Crippen LogP contribution >= 0.6 is 0 Å². The van der Waals surface area contributed by atoms with Gasteiger partial charge in [-0.15, -0.1) is 0 Å². The quantitative estimate of drug-likeness (QED) is 0.534. The van der Waals surface area contributed by atoms with Gasteiger partial charge in [-0.3, -0.25) is 10.1 Å². The molecular weight excluding hydrogens is 311 g/mol. The fourth-order valence-corrected chi connectivity index (χ4v) is 3.11. The van der Waals surface area contributed by atoms with Crippen molar-refractivity contribution in [2.24, 2.45) is 0 Å². The second kappa shape index (κ2) is 5.52. The van der Waals surface area contributed by atoms with E-state index in [9.17, 15) is 14.5 Å². The summed E-state index contributed by atoms with van der Waals surface area (Å²) in [5.74, 6) is 0.309. The monoisotopic (exact) mass is 324 g/mol. The van der Waals surface area contributed by atoms with Crippen LogP contribution < -0.4 is 4.90 Å². The normalized spacial score (nSPS) is 13.8. The van der Waals surface area contributed by atoms with Gasteiger partial charge in [-0.1, -0.05) is 6.07 Å². The lowest BCUT2D eigenvalue weighted by atomic mass is 9.99. The summed E-state index contributed by atoms with van der Waals surface area (Å²) < 4.78 is 13.6. The van der Waals surface area contributed by atoms with E-state index >= 15 is 0 Å². The van der Waals surface area contributed by atoms with Crippen molar-refractivity contribution in [3.8, 4) is 0 Å². The first-order valence-corrected chi connectivity index (χ1v) is 7.53. The first-order chi connectivity index (χ1) is 11.6. The molecule has 2 aromatic carbocycles. The van der Waals surface area contributed by atoms with E-state index < -0.39 is 4.92 Å². The Labute approximate surface area is 136 Å². The number of hydrogen-bond donors (Lipinski definition) is 0. The van der Waals surface area contributed by atoms with E-state index in [0.717, 1.165) is 17.5 Å². The second-order valence-corrected chi connectivity index (χ2v) is 5.74. The van der Waals surface area contributed by atoms with Crippen molar-refractivity contribution in [3.63, 3.8) is 0 Å². The smallest absolute Gasteiger partial charge is 0.269 e. The van der Waals surface area contributed by atoms with E-state index in [1.54, 1.807) is 12.1 Å². The molecular formula is C17H13FN4O2. The maximum Gasteiger partial charge on any atom is 0.269 e. The standard InChI is InChI=1S/C17H13FN4O2/c18-13-2-4-16-15(8-13)17(20-10-19-16)21-6-5-11-1-3-14(22(23)24)7-12(11)9-21/h1-4,7-8,10H,5-6,9H2. The lowest BCUT2D eigenvalue weighted by Gasteiger charge is -2.30. The van der Waals surface area contributed by atoms with Crippen molar-refractivity contribution in [1.82, 2.24) is 9.97 Å². The molecule has 0 amide bonds. The van der Waals surface area contributed by atoms with Crippen LogP contribution in [0.3, 0.4) is 0 Å². The van der Waals surface area contributed by atoms with Gasteiger partial charge in [0.25, 0.3) is 5.69 Å². The summed E-state index contributed by atoms with van der Waals surface area (Å²) >= 11 is 0. The van der Waals surface area contributed by atoms with Crippen LogP contribution in [0, 0.1) is 15.9 Å². The average molecular weight is 324 g/mol. The highest BCUT2D eigenvalue weighted by Crippen LogP contribution is 2.30. The summed E-state index contributed by atoms with van der Waals surface area (Å²) in [5, 5.41) is 11.6.